The first kappa shape index (κ1) is 18.3. The second-order valence-corrected chi connectivity index (χ2v) is 6.91. The second kappa shape index (κ2) is 7.54. The maximum Gasteiger partial charge on any atom is 0.255 e. The molecule has 0 spiro atoms. The van der Waals surface area contributed by atoms with Crippen molar-refractivity contribution >= 4 is 45.8 Å². The van der Waals surface area contributed by atoms with Gasteiger partial charge in [-0.2, -0.15) is 0 Å². The number of hydrogen-bond acceptors (Lipinski definition) is 3. The van der Waals surface area contributed by atoms with E-state index in [1.807, 2.05) is 0 Å². The standard InChI is InChI=1S/C21H15Cl2N3O2/c1-28-14-8-6-13(7-9-14)24-21(27)12-5-10-17-18(11-12)26-20(25-17)19-15(22)3-2-4-16(19)23/h2-11H,1H3,(H,24,27)(H,25,26). The molecule has 0 aliphatic carbocycles. The molecular formula is C21H15Cl2N3O2. The van der Waals surface area contributed by atoms with Gasteiger partial charge in [-0.1, -0.05) is 29.3 Å². The topological polar surface area (TPSA) is 67.0 Å². The Morgan fingerprint density at radius 2 is 1.75 bits per heavy atom. The third kappa shape index (κ3) is 3.54. The summed E-state index contributed by atoms with van der Waals surface area (Å²) in [6, 6.07) is 17.7. The Hall–Kier alpha value is -3.02. The zero-order valence-corrected chi connectivity index (χ0v) is 16.3. The molecule has 0 saturated heterocycles. The second-order valence-electron chi connectivity index (χ2n) is 6.10. The lowest BCUT2D eigenvalue weighted by Crippen LogP contribution is -2.11. The van der Waals surface area contributed by atoms with Crippen LogP contribution in [-0.4, -0.2) is 23.0 Å². The number of H-pyrrole nitrogens is 1. The van der Waals surface area contributed by atoms with Crippen LogP contribution in [0.3, 0.4) is 0 Å². The molecule has 0 aliphatic rings. The average molecular weight is 412 g/mol. The molecule has 4 rings (SSSR count). The van der Waals surface area contributed by atoms with Crippen molar-refractivity contribution < 1.29 is 9.53 Å². The zero-order chi connectivity index (χ0) is 19.7. The van der Waals surface area contributed by atoms with E-state index in [9.17, 15) is 4.79 Å². The van der Waals surface area contributed by atoms with Gasteiger partial charge >= 0.3 is 0 Å². The Bertz CT molecular complexity index is 1150. The minimum atomic E-state index is -0.223. The fourth-order valence-corrected chi connectivity index (χ4v) is 3.45. The van der Waals surface area contributed by atoms with Crippen molar-refractivity contribution in [2.45, 2.75) is 0 Å². The molecule has 7 heteroatoms. The number of imidazole rings is 1. The molecule has 0 bridgehead atoms. The van der Waals surface area contributed by atoms with Crippen molar-refractivity contribution in [2.75, 3.05) is 12.4 Å². The molecule has 1 amide bonds. The van der Waals surface area contributed by atoms with E-state index in [-0.39, 0.29) is 5.91 Å². The summed E-state index contributed by atoms with van der Waals surface area (Å²) in [5, 5.41) is 3.87. The Morgan fingerprint density at radius 3 is 2.43 bits per heavy atom. The van der Waals surface area contributed by atoms with Crippen molar-refractivity contribution in [3.63, 3.8) is 0 Å². The van der Waals surface area contributed by atoms with E-state index in [1.165, 1.54) is 0 Å². The lowest BCUT2D eigenvalue weighted by molar-refractivity contribution is 0.102. The molecule has 0 radical (unpaired) electrons. The molecule has 1 heterocycles. The van der Waals surface area contributed by atoms with Crippen molar-refractivity contribution in [3.8, 4) is 17.1 Å². The predicted molar refractivity (Wildman–Crippen MR) is 112 cm³/mol. The normalized spacial score (nSPS) is 10.8. The van der Waals surface area contributed by atoms with Gasteiger partial charge in [0.05, 0.1) is 33.8 Å². The number of aromatic amines is 1. The summed E-state index contributed by atoms with van der Waals surface area (Å²) in [6.45, 7) is 0. The van der Waals surface area contributed by atoms with E-state index in [0.717, 1.165) is 5.75 Å². The summed E-state index contributed by atoms with van der Waals surface area (Å²) in [6.07, 6.45) is 0. The van der Waals surface area contributed by atoms with Gasteiger partial charge in [0.2, 0.25) is 0 Å². The number of halogens is 2. The van der Waals surface area contributed by atoms with E-state index in [4.69, 9.17) is 27.9 Å². The Labute approximate surface area is 171 Å². The van der Waals surface area contributed by atoms with Crippen molar-refractivity contribution in [1.29, 1.82) is 0 Å². The molecule has 140 valence electrons. The highest BCUT2D eigenvalue weighted by Crippen LogP contribution is 2.34. The fourth-order valence-electron chi connectivity index (χ4n) is 2.87. The number of anilines is 1. The molecule has 2 N–H and O–H groups in total. The Kier molecular flexibility index (Phi) is 4.94. The lowest BCUT2D eigenvalue weighted by Gasteiger charge is -2.06. The Balaban J connectivity index is 1.63. The summed E-state index contributed by atoms with van der Waals surface area (Å²) in [4.78, 5) is 20.3. The van der Waals surface area contributed by atoms with E-state index >= 15 is 0 Å². The highest BCUT2D eigenvalue weighted by Gasteiger charge is 2.14. The van der Waals surface area contributed by atoms with Gasteiger partial charge in [-0.25, -0.2) is 4.98 Å². The molecule has 0 saturated carbocycles. The smallest absolute Gasteiger partial charge is 0.255 e. The van der Waals surface area contributed by atoms with E-state index in [0.29, 0.717) is 43.7 Å². The largest absolute Gasteiger partial charge is 0.497 e. The van der Waals surface area contributed by atoms with Crippen LogP contribution >= 0.6 is 23.2 Å². The first-order valence-corrected chi connectivity index (χ1v) is 9.20. The van der Waals surface area contributed by atoms with Gasteiger partial charge in [0.25, 0.3) is 5.91 Å². The number of hydrogen-bond donors (Lipinski definition) is 2. The molecule has 0 unspecified atom stereocenters. The fraction of sp³-hybridized carbons (Fsp3) is 0.0476. The molecule has 3 aromatic carbocycles. The number of fused-ring (bicyclic) bond motifs is 1. The van der Waals surface area contributed by atoms with E-state index in [1.54, 1.807) is 67.8 Å². The minimum absolute atomic E-state index is 0.223. The van der Waals surface area contributed by atoms with Crippen LogP contribution in [-0.2, 0) is 0 Å². The summed E-state index contributed by atoms with van der Waals surface area (Å²) in [5.74, 6) is 1.06. The van der Waals surface area contributed by atoms with Crippen LogP contribution in [0.2, 0.25) is 10.0 Å². The Morgan fingerprint density at radius 1 is 1.04 bits per heavy atom. The first-order chi connectivity index (χ1) is 13.5. The number of ether oxygens (including phenoxy) is 1. The van der Waals surface area contributed by atoms with Gasteiger partial charge in [-0.15, -0.1) is 0 Å². The summed E-state index contributed by atoms with van der Waals surface area (Å²) in [7, 11) is 1.59. The number of carbonyl (C=O) groups is 1. The monoisotopic (exact) mass is 411 g/mol. The predicted octanol–water partition coefficient (Wildman–Crippen LogP) is 5.80. The maximum absolute atomic E-state index is 12.6. The molecular weight excluding hydrogens is 397 g/mol. The van der Waals surface area contributed by atoms with Crippen molar-refractivity contribution in [2.24, 2.45) is 0 Å². The number of carbonyl (C=O) groups excluding carboxylic acids is 1. The van der Waals surface area contributed by atoms with Crippen molar-refractivity contribution in [1.82, 2.24) is 9.97 Å². The molecule has 0 aliphatic heterocycles. The minimum Gasteiger partial charge on any atom is -0.497 e. The number of amides is 1. The summed E-state index contributed by atoms with van der Waals surface area (Å²) >= 11 is 12.5. The lowest BCUT2D eigenvalue weighted by atomic mass is 10.2. The molecule has 5 nitrogen and oxygen atoms in total. The summed E-state index contributed by atoms with van der Waals surface area (Å²) < 4.78 is 5.12. The maximum atomic E-state index is 12.6. The quantitative estimate of drug-likeness (QED) is 0.445. The van der Waals surface area contributed by atoms with Gasteiger partial charge in [0.15, 0.2) is 0 Å². The molecule has 1 aromatic heterocycles. The highest BCUT2D eigenvalue weighted by atomic mass is 35.5. The van der Waals surface area contributed by atoms with Crippen LogP contribution in [0, 0.1) is 0 Å². The van der Waals surface area contributed by atoms with E-state index in [2.05, 4.69) is 15.3 Å². The van der Waals surface area contributed by atoms with Crippen LogP contribution in [0.25, 0.3) is 22.4 Å². The van der Waals surface area contributed by atoms with Gasteiger partial charge in [-0.3, -0.25) is 4.79 Å². The SMILES string of the molecule is COc1ccc(NC(=O)c2ccc3nc(-c4c(Cl)cccc4Cl)[nH]c3c2)cc1. The zero-order valence-electron chi connectivity index (χ0n) is 14.8. The average Bonchev–Trinajstić information content (AvgIpc) is 3.11. The molecule has 0 atom stereocenters. The molecule has 4 aromatic rings. The molecule has 28 heavy (non-hydrogen) atoms. The van der Waals surface area contributed by atoms with Gasteiger partial charge in [-0.05, 0) is 54.6 Å². The number of methoxy groups -OCH3 is 1. The van der Waals surface area contributed by atoms with E-state index < -0.39 is 0 Å². The number of rotatable bonds is 4. The first-order valence-electron chi connectivity index (χ1n) is 8.45. The summed E-state index contributed by atoms with van der Waals surface area (Å²) in [5.41, 5.74) is 3.24. The highest BCUT2D eigenvalue weighted by molar-refractivity contribution is 6.39. The molecule has 0 fully saturated rings. The van der Waals surface area contributed by atoms with Gasteiger partial charge in [0, 0.05) is 11.3 Å². The van der Waals surface area contributed by atoms with Crippen LogP contribution in [0.5, 0.6) is 5.75 Å². The van der Waals surface area contributed by atoms with Crippen LogP contribution < -0.4 is 10.1 Å². The number of nitrogens with one attached hydrogen (secondary N) is 2. The van der Waals surface area contributed by atoms with Gasteiger partial charge < -0.3 is 15.0 Å². The van der Waals surface area contributed by atoms with Crippen LogP contribution in [0.4, 0.5) is 5.69 Å². The number of nitrogens with zero attached hydrogens (tertiary/aromatic N) is 1. The van der Waals surface area contributed by atoms with Gasteiger partial charge in [0.1, 0.15) is 11.6 Å². The number of aromatic nitrogens is 2. The number of benzene rings is 3. The van der Waals surface area contributed by atoms with Crippen molar-refractivity contribution in [3.05, 3.63) is 76.3 Å². The third-order valence-corrected chi connectivity index (χ3v) is 4.92. The van der Waals surface area contributed by atoms with Crippen LogP contribution in [0.1, 0.15) is 10.4 Å². The van der Waals surface area contributed by atoms with Crippen LogP contribution in [0.15, 0.2) is 60.7 Å². The third-order valence-electron chi connectivity index (χ3n) is 4.29.